The highest BCUT2D eigenvalue weighted by molar-refractivity contribution is 6.07. The SMILES string of the molecule is CCC1C(=O)NCCN1C(=O)C(CC)(CC)C(N)=NO. The maximum atomic E-state index is 12.9. The third-order valence-corrected chi connectivity index (χ3v) is 4.19. The summed E-state index contributed by atoms with van der Waals surface area (Å²) in [5, 5.41) is 14.8. The molecule has 1 rings (SSSR count). The Hall–Kier alpha value is -1.79. The van der Waals surface area contributed by atoms with Crippen LogP contribution >= 0.6 is 0 Å². The van der Waals surface area contributed by atoms with Crippen molar-refractivity contribution < 1.29 is 14.8 Å². The minimum Gasteiger partial charge on any atom is -0.409 e. The van der Waals surface area contributed by atoms with Crippen molar-refractivity contribution in [3.05, 3.63) is 0 Å². The zero-order valence-corrected chi connectivity index (χ0v) is 12.3. The van der Waals surface area contributed by atoms with E-state index in [2.05, 4.69) is 10.5 Å². The summed E-state index contributed by atoms with van der Waals surface area (Å²) < 4.78 is 0. The first-order chi connectivity index (χ1) is 9.48. The lowest BCUT2D eigenvalue weighted by Crippen LogP contribution is -2.61. The quantitative estimate of drug-likeness (QED) is 0.291. The fraction of sp³-hybridized carbons (Fsp3) is 0.769. The van der Waals surface area contributed by atoms with Crippen LogP contribution in [0.25, 0.3) is 0 Å². The van der Waals surface area contributed by atoms with E-state index in [1.807, 2.05) is 20.8 Å². The number of nitrogens with two attached hydrogens (primary N) is 1. The second-order valence-electron chi connectivity index (χ2n) is 4.99. The van der Waals surface area contributed by atoms with E-state index in [4.69, 9.17) is 10.9 Å². The first kappa shape index (κ1) is 16.3. The number of rotatable bonds is 5. The number of oxime groups is 1. The maximum Gasteiger partial charge on any atom is 0.242 e. The number of piperazine rings is 1. The van der Waals surface area contributed by atoms with E-state index in [-0.39, 0.29) is 17.6 Å². The minimum absolute atomic E-state index is 0.0895. The fourth-order valence-electron chi connectivity index (χ4n) is 2.76. The predicted octanol–water partition coefficient (Wildman–Crippen LogP) is 0.276. The van der Waals surface area contributed by atoms with Crippen LogP contribution < -0.4 is 11.1 Å². The fourth-order valence-corrected chi connectivity index (χ4v) is 2.76. The molecule has 0 aromatic heterocycles. The molecule has 0 aromatic carbocycles. The van der Waals surface area contributed by atoms with Crippen molar-refractivity contribution in [1.29, 1.82) is 0 Å². The molecule has 1 heterocycles. The molecule has 0 bridgehead atoms. The number of nitrogens with zero attached hydrogens (tertiary/aromatic N) is 2. The Morgan fingerprint density at radius 3 is 2.55 bits per heavy atom. The summed E-state index contributed by atoms with van der Waals surface area (Å²) in [5.41, 5.74) is 4.71. The van der Waals surface area contributed by atoms with Crippen LogP contribution in [0, 0.1) is 5.41 Å². The van der Waals surface area contributed by atoms with Gasteiger partial charge in [0.05, 0.1) is 0 Å². The normalized spacial score (nSPS) is 20.8. The van der Waals surface area contributed by atoms with Crippen LogP contribution in [-0.2, 0) is 9.59 Å². The van der Waals surface area contributed by atoms with Crippen molar-refractivity contribution in [2.75, 3.05) is 13.1 Å². The van der Waals surface area contributed by atoms with E-state index in [9.17, 15) is 9.59 Å². The molecule has 1 unspecified atom stereocenters. The molecular weight excluding hydrogens is 260 g/mol. The highest BCUT2D eigenvalue weighted by atomic mass is 16.4. The van der Waals surface area contributed by atoms with Gasteiger partial charge in [0, 0.05) is 13.1 Å². The lowest BCUT2D eigenvalue weighted by Gasteiger charge is -2.40. The van der Waals surface area contributed by atoms with Crippen molar-refractivity contribution in [2.24, 2.45) is 16.3 Å². The number of hydrogen-bond donors (Lipinski definition) is 3. The van der Waals surface area contributed by atoms with Crippen molar-refractivity contribution in [2.45, 2.75) is 46.1 Å². The molecule has 1 saturated heterocycles. The van der Waals surface area contributed by atoms with Crippen molar-refractivity contribution >= 4 is 17.6 Å². The number of carbonyl (C=O) groups excluding carboxylic acids is 2. The Labute approximate surface area is 119 Å². The number of amides is 2. The number of amidine groups is 1. The van der Waals surface area contributed by atoms with Crippen LogP contribution in [0.2, 0.25) is 0 Å². The van der Waals surface area contributed by atoms with E-state index in [1.54, 1.807) is 4.90 Å². The molecule has 0 saturated carbocycles. The minimum atomic E-state index is -1.04. The van der Waals surface area contributed by atoms with Gasteiger partial charge < -0.3 is 21.2 Å². The molecule has 0 spiro atoms. The predicted molar refractivity (Wildman–Crippen MR) is 75.2 cm³/mol. The van der Waals surface area contributed by atoms with Crippen LogP contribution in [0.4, 0.5) is 0 Å². The van der Waals surface area contributed by atoms with Gasteiger partial charge in [-0.15, -0.1) is 0 Å². The largest absolute Gasteiger partial charge is 0.409 e. The van der Waals surface area contributed by atoms with Crippen molar-refractivity contribution in [3.63, 3.8) is 0 Å². The summed E-state index contributed by atoms with van der Waals surface area (Å²) in [4.78, 5) is 26.3. The molecular formula is C13H24N4O3. The zero-order valence-electron chi connectivity index (χ0n) is 12.3. The number of carbonyl (C=O) groups is 2. The van der Waals surface area contributed by atoms with Gasteiger partial charge in [-0.25, -0.2) is 0 Å². The van der Waals surface area contributed by atoms with E-state index < -0.39 is 11.5 Å². The third-order valence-electron chi connectivity index (χ3n) is 4.19. The molecule has 4 N–H and O–H groups in total. The summed E-state index contributed by atoms with van der Waals surface area (Å²) in [5.74, 6) is -0.472. The van der Waals surface area contributed by atoms with Crippen molar-refractivity contribution in [1.82, 2.24) is 10.2 Å². The molecule has 2 amide bonds. The molecule has 7 nitrogen and oxygen atoms in total. The van der Waals surface area contributed by atoms with Crippen LogP contribution in [0.5, 0.6) is 0 Å². The Morgan fingerprint density at radius 1 is 1.50 bits per heavy atom. The van der Waals surface area contributed by atoms with Gasteiger partial charge in [-0.3, -0.25) is 9.59 Å². The van der Waals surface area contributed by atoms with Gasteiger partial charge >= 0.3 is 0 Å². The summed E-state index contributed by atoms with van der Waals surface area (Å²) in [6.07, 6.45) is 1.39. The maximum absolute atomic E-state index is 12.9. The van der Waals surface area contributed by atoms with Crippen LogP contribution in [0.3, 0.4) is 0 Å². The smallest absolute Gasteiger partial charge is 0.242 e. The van der Waals surface area contributed by atoms with Crippen LogP contribution in [0.1, 0.15) is 40.0 Å². The molecule has 1 atom stereocenters. The van der Waals surface area contributed by atoms with Crippen LogP contribution in [0.15, 0.2) is 5.16 Å². The van der Waals surface area contributed by atoms with E-state index in [0.29, 0.717) is 32.4 Å². The van der Waals surface area contributed by atoms with E-state index >= 15 is 0 Å². The number of nitrogens with one attached hydrogen (secondary N) is 1. The standard InChI is InChI=1S/C13H24N4O3/c1-4-9-10(18)15-7-8-17(9)12(19)13(5-2,6-3)11(14)16-20/h9,20H,4-8H2,1-3H3,(H2,14,16)(H,15,18). The topological polar surface area (TPSA) is 108 Å². The van der Waals surface area contributed by atoms with Gasteiger partial charge in [0.15, 0.2) is 5.84 Å². The van der Waals surface area contributed by atoms with Gasteiger partial charge in [0.1, 0.15) is 11.5 Å². The first-order valence-electron chi connectivity index (χ1n) is 7.05. The lowest BCUT2D eigenvalue weighted by atomic mass is 9.79. The monoisotopic (exact) mass is 284 g/mol. The molecule has 1 fully saturated rings. The molecule has 1 aliphatic heterocycles. The zero-order chi connectivity index (χ0) is 15.3. The summed E-state index contributed by atoms with van der Waals surface area (Å²) in [6, 6.07) is -0.486. The lowest BCUT2D eigenvalue weighted by molar-refractivity contribution is -0.148. The molecule has 7 heteroatoms. The molecule has 0 aliphatic carbocycles. The third kappa shape index (κ3) is 2.57. The Kier molecular flexibility index (Phi) is 5.35. The summed E-state index contributed by atoms with van der Waals surface area (Å²) in [6.45, 7) is 6.39. The highest BCUT2D eigenvalue weighted by Gasteiger charge is 2.45. The number of hydrogen-bond acceptors (Lipinski definition) is 4. The Balaban J connectivity index is 3.14. The second kappa shape index (κ2) is 6.58. The average molecular weight is 284 g/mol. The molecule has 0 radical (unpaired) electrons. The highest BCUT2D eigenvalue weighted by Crippen LogP contribution is 2.31. The van der Waals surface area contributed by atoms with Gasteiger partial charge in [-0.05, 0) is 19.3 Å². The molecule has 0 aromatic rings. The summed E-state index contributed by atoms with van der Waals surface area (Å²) >= 11 is 0. The molecule has 20 heavy (non-hydrogen) atoms. The van der Waals surface area contributed by atoms with E-state index in [0.717, 1.165) is 0 Å². The van der Waals surface area contributed by atoms with Gasteiger partial charge in [-0.2, -0.15) is 0 Å². The summed E-state index contributed by atoms with van der Waals surface area (Å²) in [7, 11) is 0. The second-order valence-corrected chi connectivity index (χ2v) is 4.99. The Bertz CT molecular complexity index is 404. The molecule has 1 aliphatic rings. The van der Waals surface area contributed by atoms with Gasteiger partial charge in [0.2, 0.25) is 11.8 Å². The van der Waals surface area contributed by atoms with E-state index in [1.165, 1.54) is 0 Å². The average Bonchev–Trinajstić information content (AvgIpc) is 2.48. The Morgan fingerprint density at radius 2 is 2.10 bits per heavy atom. The van der Waals surface area contributed by atoms with Gasteiger partial charge in [0.25, 0.3) is 0 Å². The van der Waals surface area contributed by atoms with Gasteiger partial charge in [-0.1, -0.05) is 25.9 Å². The first-order valence-corrected chi connectivity index (χ1v) is 7.05. The van der Waals surface area contributed by atoms with Crippen molar-refractivity contribution in [3.8, 4) is 0 Å². The van der Waals surface area contributed by atoms with Crippen LogP contribution in [-0.4, -0.2) is 46.9 Å². The molecule has 114 valence electrons.